The van der Waals surface area contributed by atoms with E-state index in [9.17, 15) is 0 Å². The Kier molecular flexibility index (Phi) is 12.0. The maximum absolute atomic E-state index is 5.69. The zero-order valence-electron chi connectivity index (χ0n) is 25.5. The second-order valence-electron chi connectivity index (χ2n) is 9.10. The molecule has 7 heteroatoms. The maximum atomic E-state index is 5.69. The Morgan fingerprint density at radius 3 is 2.18 bits per heavy atom. The van der Waals surface area contributed by atoms with Gasteiger partial charge in [0.05, 0.1) is 30.3 Å². The van der Waals surface area contributed by atoms with Crippen LogP contribution in [0.25, 0.3) is 22.8 Å². The largest absolute Gasteiger partial charge is 0.495 e. The molecular formula is C32H45N5O2. The van der Waals surface area contributed by atoms with Gasteiger partial charge < -0.3 is 13.6 Å². The van der Waals surface area contributed by atoms with Crippen LogP contribution in [0.5, 0.6) is 5.75 Å². The van der Waals surface area contributed by atoms with Crippen LogP contribution in [-0.4, -0.2) is 31.3 Å². The summed E-state index contributed by atoms with van der Waals surface area (Å²) in [5.41, 5.74) is 4.46. The highest BCUT2D eigenvalue weighted by molar-refractivity contribution is 5.60. The van der Waals surface area contributed by atoms with E-state index < -0.39 is 0 Å². The Labute approximate surface area is 233 Å². The number of aryl methyl sites for hydroxylation is 3. The molecule has 0 fully saturated rings. The first kappa shape index (κ1) is 31.3. The van der Waals surface area contributed by atoms with Gasteiger partial charge in [-0.3, -0.25) is 4.57 Å². The van der Waals surface area contributed by atoms with Gasteiger partial charge in [0.1, 0.15) is 17.3 Å². The highest BCUT2D eigenvalue weighted by Crippen LogP contribution is 2.32. The third-order valence-corrected chi connectivity index (χ3v) is 6.33. The molecule has 0 aliphatic heterocycles. The zero-order chi connectivity index (χ0) is 29.1. The summed E-state index contributed by atoms with van der Waals surface area (Å²) < 4.78 is 15.2. The minimum Gasteiger partial charge on any atom is -0.495 e. The minimum absolute atomic E-state index is 0.516. The van der Waals surface area contributed by atoms with E-state index in [1.54, 1.807) is 7.11 Å². The van der Waals surface area contributed by atoms with E-state index in [0.29, 0.717) is 23.4 Å². The average molecular weight is 532 g/mol. The number of nitrogens with zero attached hydrogens (tertiary/aromatic N) is 5. The monoisotopic (exact) mass is 531 g/mol. The van der Waals surface area contributed by atoms with Crippen molar-refractivity contribution in [3.05, 3.63) is 83.9 Å². The van der Waals surface area contributed by atoms with Crippen LogP contribution in [0, 0.1) is 26.7 Å². The van der Waals surface area contributed by atoms with Crippen molar-refractivity contribution in [2.45, 2.75) is 75.2 Å². The predicted molar refractivity (Wildman–Crippen MR) is 161 cm³/mol. The van der Waals surface area contributed by atoms with Crippen LogP contribution in [0.15, 0.2) is 65.5 Å². The van der Waals surface area contributed by atoms with E-state index in [-0.39, 0.29) is 0 Å². The summed E-state index contributed by atoms with van der Waals surface area (Å²) in [6, 6.07) is 16.0. The van der Waals surface area contributed by atoms with Crippen molar-refractivity contribution < 1.29 is 9.15 Å². The van der Waals surface area contributed by atoms with Crippen molar-refractivity contribution in [3.63, 3.8) is 0 Å². The normalized spacial score (nSPS) is 11.1. The first-order chi connectivity index (χ1) is 18.8. The van der Waals surface area contributed by atoms with Gasteiger partial charge in [0.15, 0.2) is 5.76 Å². The van der Waals surface area contributed by atoms with Gasteiger partial charge in [0.2, 0.25) is 5.82 Å². The molecule has 5 aromatic rings. The minimum atomic E-state index is 0.516. The SMILES string of the molecule is CC.CC.CC(C)[C@@H](C)c1ncn2ccccc12.COc1cccc(C)c1-n1c(C)nnc1-c1ccc(C)o1. The van der Waals surface area contributed by atoms with E-state index >= 15 is 0 Å². The molecule has 0 amide bonds. The fourth-order valence-corrected chi connectivity index (χ4v) is 4.06. The van der Waals surface area contributed by atoms with Crippen molar-refractivity contribution >= 4 is 5.52 Å². The molecule has 5 rings (SSSR count). The fraction of sp³-hybridized carbons (Fsp3) is 0.406. The van der Waals surface area contributed by atoms with Gasteiger partial charge >= 0.3 is 0 Å². The Bertz CT molecular complexity index is 1430. The molecule has 4 aromatic heterocycles. The van der Waals surface area contributed by atoms with Crippen LogP contribution in [0.3, 0.4) is 0 Å². The van der Waals surface area contributed by atoms with E-state index in [2.05, 4.69) is 52.5 Å². The molecule has 210 valence electrons. The molecule has 0 aliphatic rings. The maximum Gasteiger partial charge on any atom is 0.204 e. The Morgan fingerprint density at radius 2 is 1.56 bits per heavy atom. The Hall–Kier alpha value is -3.87. The summed E-state index contributed by atoms with van der Waals surface area (Å²) in [5, 5.41) is 8.45. The molecule has 0 spiro atoms. The summed E-state index contributed by atoms with van der Waals surface area (Å²) >= 11 is 0. The van der Waals surface area contributed by atoms with Gasteiger partial charge in [0.25, 0.3) is 0 Å². The summed E-state index contributed by atoms with van der Waals surface area (Å²) in [4.78, 5) is 4.48. The van der Waals surface area contributed by atoms with Crippen molar-refractivity contribution in [2.75, 3.05) is 7.11 Å². The van der Waals surface area contributed by atoms with Crippen LogP contribution >= 0.6 is 0 Å². The number of aromatic nitrogens is 5. The number of imidazole rings is 1. The van der Waals surface area contributed by atoms with Crippen LogP contribution in [0.1, 0.15) is 77.2 Å². The fourth-order valence-electron chi connectivity index (χ4n) is 4.06. The highest BCUT2D eigenvalue weighted by atomic mass is 16.5. The lowest BCUT2D eigenvalue weighted by atomic mass is 9.94. The number of para-hydroxylation sites is 1. The number of ether oxygens (including phenoxy) is 1. The molecule has 1 atom stereocenters. The molecule has 1 aromatic carbocycles. The van der Waals surface area contributed by atoms with E-state index in [4.69, 9.17) is 9.15 Å². The van der Waals surface area contributed by atoms with Crippen LogP contribution in [0.4, 0.5) is 0 Å². The van der Waals surface area contributed by atoms with Gasteiger partial charge in [-0.05, 0) is 62.6 Å². The first-order valence-corrected chi connectivity index (χ1v) is 13.9. The van der Waals surface area contributed by atoms with Crippen LogP contribution < -0.4 is 4.74 Å². The number of rotatable bonds is 5. The topological polar surface area (TPSA) is 70.4 Å². The summed E-state index contributed by atoms with van der Waals surface area (Å²) in [6.45, 7) is 20.6. The smallest absolute Gasteiger partial charge is 0.204 e. The van der Waals surface area contributed by atoms with Crippen LogP contribution in [-0.2, 0) is 0 Å². The number of methoxy groups -OCH3 is 1. The molecule has 0 aliphatic carbocycles. The number of benzene rings is 1. The molecule has 0 radical (unpaired) electrons. The molecule has 0 N–H and O–H groups in total. The molecule has 4 heterocycles. The lowest BCUT2D eigenvalue weighted by Crippen LogP contribution is -2.04. The summed E-state index contributed by atoms with van der Waals surface area (Å²) in [5.74, 6) is 4.92. The lowest BCUT2D eigenvalue weighted by Gasteiger charge is -2.14. The standard InChI is InChI=1S/C16H17N3O2.C12H16N2.2C2H6/c1-10-6-5-7-13(20-4)15(10)19-12(3)17-18-16(19)14-9-8-11(2)21-14;1-9(2)10(3)12-11-6-4-5-7-14(11)8-13-12;2*1-2/h5-9H,1-4H3;4-10H,1-3H3;2*1-2H3/t;10-;;/m.1../s1. The van der Waals surface area contributed by atoms with Gasteiger partial charge in [-0.2, -0.15) is 0 Å². The summed E-state index contributed by atoms with van der Waals surface area (Å²) in [7, 11) is 1.66. The zero-order valence-corrected chi connectivity index (χ0v) is 25.5. The quantitative estimate of drug-likeness (QED) is 0.227. The number of hydrogen-bond donors (Lipinski definition) is 0. The Balaban J connectivity index is 0.000000258. The van der Waals surface area contributed by atoms with Gasteiger partial charge in [-0.1, -0.05) is 66.7 Å². The van der Waals surface area contributed by atoms with E-state index in [1.165, 1.54) is 11.2 Å². The van der Waals surface area contributed by atoms with Gasteiger partial charge in [-0.25, -0.2) is 4.98 Å². The highest BCUT2D eigenvalue weighted by Gasteiger charge is 2.20. The van der Waals surface area contributed by atoms with Crippen molar-refractivity contribution in [3.8, 4) is 23.0 Å². The third-order valence-electron chi connectivity index (χ3n) is 6.33. The van der Waals surface area contributed by atoms with Gasteiger partial charge in [-0.15, -0.1) is 10.2 Å². The van der Waals surface area contributed by atoms with E-state index in [1.807, 2.05) is 102 Å². The number of pyridine rings is 1. The van der Waals surface area contributed by atoms with Crippen molar-refractivity contribution in [2.24, 2.45) is 5.92 Å². The number of furan rings is 1. The molecule has 7 nitrogen and oxygen atoms in total. The number of fused-ring (bicyclic) bond motifs is 1. The molecule has 39 heavy (non-hydrogen) atoms. The molecule has 0 saturated heterocycles. The molecule has 0 unspecified atom stereocenters. The Morgan fingerprint density at radius 1 is 0.846 bits per heavy atom. The molecular weight excluding hydrogens is 486 g/mol. The second-order valence-corrected chi connectivity index (χ2v) is 9.10. The first-order valence-electron chi connectivity index (χ1n) is 13.9. The molecule has 0 bridgehead atoms. The van der Waals surface area contributed by atoms with Crippen LogP contribution in [0.2, 0.25) is 0 Å². The molecule has 0 saturated carbocycles. The lowest BCUT2D eigenvalue weighted by molar-refractivity contribution is 0.412. The van der Waals surface area contributed by atoms with Crippen molar-refractivity contribution in [1.82, 2.24) is 24.1 Å². The average Bonchev–Trinajstić information content (AvgIpc) is 3.69. The second kappa shape index (κ2) is 14.9. The summed E-state index contributed by atoms with van der Waals surface area (Å²) in [6.07, 6.45) is 3.93. The van der Waals surface area contributed by atoms with Gasteiger partial charge in [0, 0.05) is 12.1 Å². The van der Waals surface area contributed by atoms with Crippen molar-refractivity contribution in [1.29, 1.82) is 0 Å². The predicted octanol–water partition coefficient (Wildman–Crippen LogP) is 8.61. The number of hydrogen-bond acceptors (Lipinski definition) is 5. The third kappa shape index (κ3) is 7.16. The van der Waals surface area contributed by atoms with E-state index in [0.717, 1.165) is 28.6 Å².